The van der Waals surface area contributed by atoms with E-state index in [2.05, 4.69) is 5.32 Å². The van der Waals surface area contributed by atoms with Crippen LogP contribution in [0.4, 0.5) is 0 Å². The third kappa shape index (κ3) is 2.62. The molecule has 3 heteroatoms. The third-order valence-electron chi connectivity index (χ3n) is 5.06. The molecule has 0 aromatic heterocycles. The van der Waals surface area contributed by atoms with Crippen molar-refractivity contribution in [2.75, 3.05) is 13.2 Å². The van der Waals surface area contributed by atoms with Crippen molar-refractivity contribution in [2.24, 2.45) is 11.8 Å². The lowest BCUT2D eigenvalue weighted by Gasteiger charge is -2.41. The number of ketones is 1. The maximum absolute atomic E-state index is 12.5. The molecule has 2 heterocycles. The largest absolute Gasteiger partial charge is 0.381 e. The Morgan fingerprint density at radius 1 is 1.00 bits per heavy atom. The fourth-order valence-corrected chi connectivity index (χ4v) is 3.97. The molecular weight excluding hydrogens is 226 g/mol. The summed E-state index contributed by atoms with van der Waals surface area (Å²) < 4.78 is 5.45. The first-order valence-corrected chi connectivity index (χ1v) is 7.72. The minimum Gasteiger partial charge on any atom is -0.381 e. The Kier molecular flexibility index (Phi) is 4.00. The predicted octanol–water partition coefficient (Wildman–Crippen LogP) is 2.29. The van der Waals surface area contributed by atoms with E-state index < -0.39 is 0 Å². The fourth-order valence-electron chi connectivity index (χ4n) is 3.97. The number of hydrogen-bond acceptors (Lipinski definition) is 3. The first-order chi connectivity index (χ1) is 8.84. The Morgan fingerprint density at radius 2 is 1.89 bits per heavy atom. The van der Waals surface area contributed by atoms with Gasteiger partial charge in [-0.05, 0) is 44.4 Å². The molecule has 3 nitrogen and oxygen atoms in total. The molecule has 1 N–H and O–H groups in total. The van der Waals surface area contributed by atoms with Gasteiger partial charge in [0, 0.05) is 18.6 Å². The van der Waals surface area contributed by atoms with E-state index in [-0.39, 0.29) is 12.0 Å². The van der Waals surface area contributed by atoms with Crippen molar-refractivity contribution in [3.8, 4) is 0 Å². The number of carbonyl (C=O) groups excluding carboxylic acids is 1. The summed E-state index contributed by atoms with van der Waals surface area (Å²) in [5.41, 5.74) is 0. The molecule has 0 spiro atoms. The quantitative estimate of drug-likeness (QED) is 0.818. The van der Waals surface area contributed by atoms with Crippen molar-refractivity contribution in [1.82, 2.24) is 5.32 Å². The molecule has 4 atom stereocenters. The number of hydrogen-bond donors (Lipinski definition) is 1. The molecule has 18 heavy (non-hydrogen) atoms. The zero-order valence-corrected chi connectivity index (χ0v) is 11.2. The second-order valence-corrected chi connectivity index (χ2v) is 6.26. The van der Waals surface area contributed by atoms with E-state index in [9.17, 15) is 4.79 Å². The average molecular weight is 251 g/mol. The normalized spacial score (nSPS) is 41.1. The standard InChI is InChI=1S/C15H25NO2/c17-15(12-5-3-9-18-10-12)14-8-7-11-4-1-2-6-13(11)16-14/h11-14,16H,1-10H2. The Morgan fingerprint density at radius 3 is 2.72 bits per heavy atom. The summed E-state index contributed by atoms with van der Waals surface area (Å²) >= 11 is 0. The van der Waals surface area contributed by atoms with Crippen LogP contribution in [0.15, 0.2) is 0 Å². The first kappa shape index (κ1) is 12.6. The maximum atomic E-state index is 12.5. The Labute approximate surface area is 110 Å². The number of ether oxygens (including phenoxy) is 1. The van der Waals surface area contributed by atoms with E-state index in [1.54, 1.807) is 0 Å². The minimum atomic E-state index is 0.121. The van der Waals surface area contributed by atoms with Gasteiger partial charge < -0.3 is 10.1 Å². The molecule has 0 radical (unpaired) electrons. The molecule has 0 amide bonds. The minimum absolute atomic E-state index is 0.121. The van der Waals surface area contributed by atoms with Crippen molar-refractivity contribution < 1.29 is 9.53 Å². The Hall–Kier alpha value is -0.410. The number of rotatable bonds is 2. The third-order valence-corrected chi connectivity index (χ3v) is 5.06. The molecule has 2 saturated heterocycles. The first-order valence-electron chi connectivity index (χ1n) is 7.72. The van der Waals surface area contributed by atoms with Crippen LogP contribution in [0.5, 0.6) is 0 Å². The second kappa shape index (κ2) is 5.70. The van der Waals surface area contributed by atoms with Crippen molar-refractivity contribution in [2.45, 2.75) is 63.5 Å². The molecule has 3 fully saturated rings. The van der Waals surface area contributed by atoms with E-state index in [1.807, 2.05) is 0 Å². The van der Waals surface area contributed by atoms with Gasteiger partial charge in [-0.15, -0.1) is 0 Å². The van der Waals surface area contributed by atoms with Gasteiger partial charge in [-0.2, -0.15) is 0 Å². The summed E-state index contributed by atoms with van der Waals surface area (Å²) in [4.78, 5) is 12.5. The van der Waals surface area contributed by atoms with E-state index in [1.165, 1.54) is 32.1 Å². The topological polar surface area (TPSA) is 38.3 Å². The highest BCUT2D eigenvalue weighted by Gasteiger charge is 2.36. The van der Waals surface area contributed by atoms with Crippen molar-refractivity contribution in [3.63, 3.8) is 0 Å². The van der Waals surface area contributed by atoms with Crippen molar-refractivity contribution >= 4 is 5.78 Å². The van der Waals surface area contributed by atoms with Crippen LogP contribution in [-0.4, -0.2) is 31.1 Å². The monoisotopic (exact) mass is 251 g/mol. The smallest absolute Gasteiger partial charge is 0.155 e. The van der Waals surface area contributed by atoms with Gasteiger partial charge >= 0.3 is 0 Å². The number of fused-ring (bicyclic) bond motifs is 1. The molecule has 1 aliphatic carbocycles. The summed E-state index contributed by atoms with van der Waals surface area (Å²) in [6.45, 7) is 1.50. The lowest BCUT2D eigenvalue weighted by atomic mass is 9.76. The van der Waals surface area contributed by atoms with Crippen molar-refractivity contribution in [3.05, 3.63) is 0 Å². The molecular formula is C15H25NO2. The van der Waals surface area contributed by atoms with E-state index >= 15 is 0 Å². The van der Waals surface area contributed by atoms with Gasteiger partial charge in [0.15, 0.2) is 5.78 Å². The number of Topliss-reactive ketones (excluding diaryl/α,β-unsaturated/α-hetero) is 1. The summed E-state index contributed by atoms with van der Waals surface area (Å²) in [6.07, 6.45) is 9.75. The van der Waals surface area contributed by atoms with Crippen LogP contribution in [0.2, 0.25) is 0 Å². The lowest BCUT2D eigenvalue weighted by molar-refractivity contribution is -0.130. The Balaban J connectivity index is 1.57. The van der Waals surface area contributed by atoms with Crippen LogP contribution in [0.25, 0.3) is 0 Å². The molecule has 4 unspecified atom stereocenters. The maximum Gasteiger partial charge on any atom is 0.155 e. The number of piperidine rings is 1. The van der Waals surface area contributed by atoms with Crippen LogP contribution < -0.4 is 5.32 Å². The number of nitrogens with one attached hydrogen (secondary N) is 1. The lowest BCUT2D eigenvalue weighted by Crippen LogP contribution is -2.53. The summed E-state index contributed by atoms with van der Waals surface area (Å²) in [6, 6.07) is 0.738. The van der Waals surface area contributed by atoms with E-state index in [4.69, 9.17) is 4.74 Å². The van der Waals surface area contributed by atoms with Crippen LogP contribution in [0.3, 0.4) is 0 Å². The molecule has 3 rings (SSSR count). The molecule has 0 bridgehead atoms. The van der Waals surface area contributed by atoms with Crippen LogP contribution in [0, 0.1) is 11.8 Å². The zero-order chi connectivity index (χ0) is 12.4. The van der Waals surface area contributed by atoms with Crippen LogP contribution in [0.1, 0.15) is 51.4 Å². The molecule has 3 aliphatic rings. The van der Waals surface area contributed by atoms with E-state index in [0.717, 1.165) is 31.8 Å². The second-order valence-electron chi connectivity index (χ2n) is 6.26. The van der Waals surface area contributed by atoms with Gasteiger partial charge in [-0.1, -0.05) is 12.8 Å². The molecule has 1 saturated carbocycles. The molecule has 102 valence electrons. The fraction of sp³-hybridized carbons (Fsp3) is 0.933. The van der Waals surface area contributed by atoms with Gasteiger partial charge in [0.1, 0.15) is 0 Å². The predicted molar refractivity (Wildman–Crippen MR) is 70.5 cm³/mol. The van der Waals surface area contributed by atoms with Gasteiger partial charge in [0.25, 0.3) is 0 Å². The SMILES string of the molecule is O=C(C1CCCOC1)C1CCC2CCCCC2N1. The summed E-state index contributed by atoms with van der Waals surface area (Å²) in [7, 11) is 0. The van der Waals surface area contributed by atoms with Gasteiger partial charge in [0.05, 0.1) is 12.6 Å². The van der Waals surface area contributed by atoms with Crippen molar-refractivity contribution in [1.29, 1.82) is 0 Å². The molecule has 0 aromatic rings. The zero-order valence-electron chi connectivity index (χ0n) is 11.2. The molecule has 2 aliphatic heterocycles. The van der Waals surface area contributed by atoms with Gasteiger partial charge in [0.2, 0.25) is 0 Å². The number of carbonyl (C=O) groups is 1. The van der Waals surface area contributed by atoms with Crippen LogP contribution >= 0.6 is 0 Å². The van der Waals surface area contributed by atoms with Crippen LogP contribution in [-0.2, 0) is 9.53 Å². The highest BCUT2D eigenvalue weighted by molar-refractivity contribution is 5.86. The Bertz CT molecular complexity index is 299. The molecule has 0 aromatic carbocycles. The highest BCUT2D eigenvalue weighted by atomic mass is 16.5. The summed E-state index contributed by atoms with van der Waals surface area (Å²) in [5, 5.41) is 3.65. The summed E-state index contributed by atoms with van der Waals surface area (Å²) in [5.74, 6) is 1.43. The average Bonchev–Trinajstić information content (AvgIpc) is 2.47. The van der Waals surface area contributed by atoms with Gasteiger partial charge in [-0.25, -0.2) is 0 Å². The van der Waals surface area contributed by atoms with Gasteiger partial charge in [-0.3, -0.25) is 4.79 Å². The van der Waals surface area contributed by atoms with E-state index in [0.29, 0.717) is 18.4 Å². The highest BCUT2D eigenvalue weighted by Crippen LogP contribution is 2.33.